The van der Waals surface area contributed by atoms with Gasteiger partial charge in [0.25, 0.3) is 5.56 Å². The molecule has 4 N–H and O–H groups in total. The Bertz CT molecular complexity index is 817. The molecule has 1 amide bonds. The van der Waals surface area contributed by atoms with Crippen LogP contribution in [0, 0.1) is 19.8 Å². The Labute approximate surface area is 157 Å². The molecule has 2 aromatic heterocycles. The van der Waals surface area contributed by atoms with Gasteiger partial charge < -0.3 is 16.0 Å². The van der Waals surface area contributed by atoms with E-state index in [1.54, 1.807) is 0 Å². The van der Waals surface area contributed by atoms with Gasteiger partial charge in [-0.15, -0.1) is 23.7 Å². The van der Waals surface area contributed by atoms with E-state index >= 15 is 0 Å². The SMILES string of the molecule is Cc1sc2nc(CCC(=O)NC3CCCC3CN)[nH]c(=O)c2c1C.Cl. The first-order valence-electron chi connectivity index (χ1n) is 8.48. The Morgan fingerprint density at radius 2 is 2.16 bits per heavy atom. The molecule has 3 rings (SSSR count). The number of rotatable bonds is 5. The van der Waals surface area contributed by atoms with Gasteiger partial charge in [-0.25, -0.2) is 4.98 Å². The molecule has 0 radical (unpaired) electrons. The lowest BCUT2D eigenvalue weighted by Crippen LogP contribution is -2.40. The number of fused-ring (bicyclic) bond motifs is 1. The average molecular weight is 385 g/mol. The molecular formula is C17H25ClN4O2S. The zero-order valence-electron chi connectivity index (χ0n) is 14.6. The summed E-state index contributed by atoms with van der Waals surface area (Å²) >= 11 is 1.53. The van der Waals surface area contributed by atoms with Gasteiger partial charge in [0.2, 0.25) is 5.91 Å². The van der Waals surface area contributed by atoms with Crippen LogP contribution >= 0.6 is 23.7 Å². The first kappa shape index (κ1) is 19.9. The van der Waals surface area contributed by atoms with Crippen LogP contribution in [0.5, 0.6) is 0 Å². The molecule has 1 fully saturated rings. The molecule has 0 aliphatic heterocycles. The normalized spacial score (nSPS) is 19.8. The van der Waals surface area contributed by atoms with E-state index in [9.17, 15) is 9.59 Å². The minimum absolute atomic E-state index is 0. The molecule has 0 bridgehead atoms. The van der Waals surface area contributed by atoms with E-state index in [2.05, 4.69) is 15.3 Å². The number of carbonyl (C=O) groups is 1. The number of amides is 1. The van der Waals surface area contributed by atoms with E-state index < -0.39 is 0 Å². The molecule has 0 saturated heterocycles. The van der Waals surface area contributed by atoms with Crippen LogP contribution in [0.3, 0.4) is 0 Å². The highest BCUT2D eigenvalue weighted by atomic mass is 35.5. The van der Waals surface area contributed by atoms with Crippen molar-refractivity contribution >= 4 is 39.9 Å². The van der Waals surface area contributed by atoms with Crippen molar-refractivity contribution in [1.82, 2.24) is 15.3 Å². The molecule has 25 heavy (non-hydrogen) atoms. The fourth-order valence-corrected chi connectivity index (χ4v) is 4.49. The lowest BCUT2D eigenvalue weighted by molar-refractivity contribution is -0.122. The number of nitrogens with zero attached hydrogens (tertiary/aromatic N) is 1. The highest BCUT2D eigenvalue weighted by Crippen LogP contribution is 2.26. The lowest BCUT2D eigenvalue weighted by Gasteiger charge is -2.19. The molecule has 6 nitrogen and oxygen atoms in total. The van der Waals surface area contributed by atoms with Crippen molar-refractivity contribution in [3.8, 4) is 0 Å². The molecule has 138 valence electrons. The van der Waals surface area contributed by atoms with E-state index in [1.807, 2.05) is 13.8 Å². The number of halogens is 1. The van der Waals surface area contributed by atoms with Gasteiger partial charge in [-0.1, -0.05) is 6.42 Å². The van der Waals surface area contributed by atoms with E-state index in [0.717, 1.165) is 34.5 Å². The quantitative estimate of drug-likeness (QED) is 0.735. The number of thiophene rings is 1. The van der Waals surface area contributed by atoms with Crippen molar-refractivity contribution in [2.45, 2.75) is 52.0 Å². The van der Waals surface area contributed by atoms with Gasteiger partial charge in [-0.05, 0) is 44.7 Å². The first-order chi connectivity index (χ1) is 11.5. The van der Waals surface area contributed by atoms with Crippen LogP contribution in [0.2, 0.25) is 0 Å². The number of hydrogen-bond acceptors (Lipinski definition) is 5. The third kappa shape index (κ3) is 4.22. The summed E-state index contributed by atoms with van der Waals surface area (Å²) in [5, 5.41) is 3.75. The van der Waals surface area contributed by atoms with Crippen LogP contribution < -0.4 is 16.6 Å². The highest BCUT2D eigenvalue weighted by Gasteiger charge is 2.27. The number of carbonyl (C=O) groups excluding carboxylic acids is 1. The van der Waals surface area contributed by atoms with Crippen molar-refractivity contribution in [2.24, 2.45) is 11.7 Å². The summed E-state index contributed by atoms with van der Waals surface area (Å²) in [7, 11) is 0. The standard InChI is InChI=1S/C17H24N4O2S.ClH/c1-9-10(2)24-17-15(9)16(23)20-13(21-17)6-7-14(22)19-12-5-3-4-11(12)8-18;/h11-12H,3-8,18H2,1-2H3,(H,19,22)(H,20,21,23);1H. The van der Waals surface area contributed by atoms with Gasteiger partial charge in [-0.2, -0.15) is 0 Å². The van der Waals surface area contributed by atoms with Crippen molar-refractivity contribution in [2.75, 3.05) is 6.54 Å². The number of aromatic nitrogens is 2. The first-order valence-corrected chi connectivity index (χ1v) is 9.29. The van der Waals surface area contributed by atoms with Gasteiger partial charge in [0.15, 0.2) is 0 Å². The average Bonchev–Trinajstić information content (AvgIpc) is 3.10. The van der Waals surface area contributed by atoms with Crippen molar-refractivity contribution in [3.05, 3.63) is 26.6 Å². The second-order valence-corrected chi connectivity index (χ2v) is 7.78. The number of aryl methyl sites for hydroxylation is 3. The topological polar surface area (TPSA) is 101 Å². The van der Waals surface area contributed by atoms with Gasteiger partial charge in [0, 0.05) is 23.8 Å². The Morgan fingerprint density at radius 1 is 1.40 bits per heavy atom. The third-order valence-electron chi connectivity index (χ3n) is 4.99. The molecule has 2 atom stereocenters. The molecule has 2 heterocycles. The van der Waals surface area contributed by atoms with Crippen LogP contribution in [-0.2, 0) is 11.2 Å². The number of nitrogens with two attached hydrogens (primary N) is 1. The van der Waals surface area contributed by atoms with Gasteiger partial charge >= 0.3 is 0 Å². The van der Waals surface area contributed by atoms with Crippen LogP contribution in [0.1, 0.15) is 41.9 Å². The van der Waals surface area contributed by atoms with Gasteiger partial charge in [-0.3, -0.25) is 9.59 Å². The number of hydrogen-bond donors (Lipinski definition) is 3. The monoisotopic (exact) mass is 384 g/mol. The van der Waals surface area contributed by atoms with E-state index in [0.29, 0.717) is 36.5 Å². The minimum Gasteiger partial charge on any atom is -0.353 e. The largest absolute Gasteiger partial charge is 0.353 e. The molecule has 2 unspecified atom stereocenters. The maximum Gasteiger partial charge on any atom is 0.259 e. The summed E-state index contributed by atoms with van der Waals surface area (Å²) in [5.74, 6) is 0.965. The molecule has 1 aliphatic rings. The van der Waals surface area contributed by atoms with Crippen LogP contribution in [0.15, 0.2) is 4.79 Å². The molecule has 2 aromatic rings. The molecule has 1 saturated carbocycles. The minimum atomic E-state index is -0.115. The fourth-order valence-electron chi connectivity index (χ4n) is 3.44. The van der Waals surface area contributed by atoms with Crippen LogP contribution in [-0.4, -0.2) is 28.5 Å². The maximum absolute atomic E-state index is 12.2. The fraction of sp³-hybridized carbons (Fsp3) is 0.588. The lowest BCUT2D eigenvalue weighted by atomic mass is 10.0. The maximum atomic E-state index is 12.2. The molecule has 1 aliphatic carbocycles. The number of nitrogens with one attached hydrogen (secondary N) is 2. The highest BCUT2D eigenvalue weighted by molar-refractivity contribution is 7.18. The number of H-pyrrole nitrogens is 1. The molecular weight excluding hydrogens is 360 g/mol. The number of aromatic amines is 1. The predicted octanol–water partition coefficient (Wildman–Crippen LogP) is 2.20. The predicted molar refractivity (Wildman–Crippen MR) is 104 cm³/mol. The molecule has 8 heteroatoms. The molecule has 0 spiro atoms. The zero-order chi connectivity index (χ0) is 17.3. The summed E-state index contributed by atoms with van der Waals surface area (Å²) in [6.07, 6.45) is 3.97. The molecule has 0 aromatic carbocycles. The smallest absolute Gasteiger partial charge is 0.259 e. The Kier molecular flexibility index (Phi) is 6.59. The zero-order valence-corrected chi connectivity index (χ0v) is 16.2. The van der Waals surface area contributed by atoms with Crippen LogP contribution in [0.25, 0.3) is 10.2 Å². The van der Waals surface area contributed by atoms with Gasteiger partial charge in [0.05, 0.1) is 5.39 Å². The Hall–Kier alpha value is -1.44. The summed E-state index contributed by atoms with van der Waals surface area (Å²) in [5.41, 5.74) is 6.62. The van der Waals surface area contributed by atoms with Crippen LogP contribution in [0.4, 0.5) is 0 Å². The van der Waals surface area contributed by atoms with Crippen molar-refractivity contribution < 1.29 is 4.79 Å². The van der Waals surface area contributed by atoms with E-state index in [-0.39, 0.29) is 29.9 Å². The van der Waals surface area contributed by atoms with Gasteiger partial charge in [0.1, 0.15) is 10.7 Å². The Balaban J connectivity index is 0.00000225. The Morgan fingerprint density at radius 3 is 2.88 bits per heavy atom. The van der Waals surface area contributed by atoms with Crippen molar-refractivity contribution in [3.63, 3.8) is 0 Å². The second-order valence-electron chi connectivity index (χ2n) is 6.58. The second kappa shape index (κ2) is 8.29. The van der Waals surface area contributed by atoms with E-state index in [1.165, 1.54) is 11.3 Å². The summed E-state index contributed by atoms with van der Waals surface area (Å²) < 4.78 is 0. The summed E-state index contributed by atoms with van der Waals surface area (Å²) in [4.78, 5) is 33.6. The third-order valence-corrected chi connectivity index (χ3v) is 6.09. The summed E-state index contributed by atoms with van der Waals surface area (Å²) in [6.45, 7) is 4.55. The van der Waals surface area contributed by atoms with Crippen molar-refractivity contribution in [1.29, 1.82) is 0 Å². The van der Waals surface area contributed by atoms with E-state index in [4.69, 9.17) is 5.73 Å². The summed E-state index contributed by atoms with van der Waals surface area (Å²) in [6, 6.07) is 0.194.